The molecule has 27 heavy (non-hydrogen) atoms. The van der Waals surface area contributed by atoms with Crippen molar-refractivity contribution in [2.24, 2.45) is 0 Å². The molecule has 3 aromatic rings. The average molecular weight is 361 g/mol. The second kappa shape index (κ2) is 6.59. The Bertz CT molecular complexity index is 1050. The van der Waals surface area contributed by atoms with Gasteiger partial charge in [-0.1, -0.05) is 12.1 Å². The molecule has 7 nitrogen and oxygen atoms in total. The standard InChI is InChI=1S/C20H19N5O2/c26-20-16-3-5-25(10-13-1-2-18-14(7-13)4-6-27-18)11-17(16)23-19(24-20)15-8-21-12-22-9-15/h1-2,7-9,12H,3-6,10-11H2,(H,23,24,26). The summed E-state index contributed by atoms with van der Waals surface area (Å²) in [6.45, 7) is 3.12. The van der Waals surface area contributed by atoms with E-state index in [1.807, 2.05) is 0 Å². The molecule has 2 aliphatic rings. The van der Waals surface area contributed by atoms with Crippen molar-refractivity contribution >= 4 is 0 Å². The monoisotopic (exact) mass is 361 g/mol. The van der Waals surface area contributed by atoms with Gasteiger partial charge in [0.2, 0.25) is 0 Å². The van der Waals surface area contributed by atoms with E-state index in [4.69, 9.17) is 9.72 Å². The van der Waals surface area contributed by atoms with Crippen molar-refractivity contribution in [3.63, 3.8) is 0 Å². The minimum absolute atomic E-state index is 0.0619. The Hall–Kier alpha value is -3.06. The summed E-state index contributed by atoms with van der Waals surface area (Å²) in [5.74, 6) is 1.53. The van der Waals surface area contributed by atoms with Gasteiger partial charge in [-0.2, -0.15) is 0 Å². The Balaban J connectivity index is 1.40. The molecule has 1 aromatic carbocycles. The minimum atomic E-state index is -0.0619. The topological polar surface area (TPSA) is 84.0 Å². The summed E-state index contributed by atoms with van der Waals surface area (Å²) in [5, 5.41) is 0. The van der Waals surface area contributed by atoms with Gasteiger partial charge in [0.05, 0.1) is 17.9 Å². The number of ether oxygens (including phenoxy) is 1. The fourth-order valence-electron chi connectivity index (χ4n) is 3.78. The molecule has 4 heterocycles. The molecule has 0 aliphatic carbocycles. The van der Waals surface area contributed by atoms with Gasteiger partial charge in [-0.15, -0.1) is 0 Å². The number of aromatic amines is 1. The smallest absolute Gasteiger partial charge is 0.254 e. The molecule has 0 bridgehead atoms. The molecule has 2 aromatic heterocycles. The Morgan fingerprint density at radius 3 is 2.96 bits per heavy atom. The highest BCUT2D eigenvalue weighted by Gasteiger charge is 2.22. The van der Waals surface area contributed by atoms with Gasteiger partial charge in [0, 0.05) is 44.0 Å². The highest BCUT2D eigenvalue weighted by atomic mass is 16.5. The second-order valence-electron chi connectivity index (χ2n) is 6.97. The number of H-pyrrole nitrogens is 1. The molecule has 0 radical (unpaired) electrons. The van der Waals surface area contributed by atoms with Crippen molar-refractivity contribution in [2.75, 3.05) is 13.2 Å². The van der Waals surface area contributed by atoms with Crippen molar-refractivity contribution in [1.29, 1.82) is 0 Å². The van der Waals surface area contributed by atoms with Crippen molar-refractivity contribution in [3.8, 4) is 17.1 Å². The van der Waals surface area contributed by atoms with Crippen LogP contribution in [0.25, 0.3) is 11.4 Å². The SMILES string of the molecule is O=c1[nH]c(-c2cncnc2)nc2c1CCN(Cc1ccc3c(c1)CCO3)C2. The van der Waals surface area contributed by atoms with E-state index in [1.54, 1.807) is 12.4 Å². The van der Waals surface area contributed by atoms with Crippen LogP contribution < -0.4 is 10.3 Å². The maximum atomic E-state index is 12.5. The first-order valence-electron chi connectivity index (χ1n) is 9.11. The molecule has 0 spiro atoms. The van der Waals surface area contributed by atoms with Gasteiger partial charge in [0.1, 0.15) is 17.9 Å². The molecule has 2 aliphatic heterocycles. The summed E-state index contributed by atoms with van der Waals surface area (Å²) in [6.07, 6.45) is 6.46. The molecule has 0 atom stereocenters. The lowest BCUT2D eigenvalue weighted by molar-refractivity contribution is 0.240. The highest BCUT2D eigenvalue weighted by molar-refractivity contribution is 5.52. The van der Waals surface area contributed by atoms with Crippen LogP contribution in [0.15, 0.2) is 41.7 Å². The van der Waals surface area contributed by atoms with E-state index < -0.39 is 0 Å². The molecule has 0 saturated heterocycles. The zero-order valence-corrected chi connectivity index (χ0v) is 14.8. The summed E-state index contributed by atoms with van der Waals surface area (Å²) >= 11 is 0. The lowest BCUT2D eigenvalue weighted by Gasteiger charge is -2.27. The largest absolute Gasteiger partial charge is 0.493 e. The molecule has 0 fully saturated rings. The van der Waals surface area contributed by atoms with E-state index in [0.29, 0.717) is 24.4 Å². The number of nitrogens with zero attached hydrogens (tertiary/aromatic N) is 4. The van der Waals surface area contributed by atoms with Gasteiger partial charge < -0.3 is 9.72 Å². The molecule has 0 unspecified atom stereocenters. The number of hydrogen-bond acceptors (Lipinski definition) is 6. The lowest BCUT2D eigenvalue weighted by Crippen LogP contribution is -2.35. The predicted molar refractivity (Wildman–Crippen MR) is 99.3 cm³/mol. The van der Waals surface area contributed by atoms with E-state index in [2.05, 4.69) is 38.1 Å². The van der Waals surface area contributed by atoms with E-state index in [1.165, 1.54) is 17.5 Å². The molecular weight excluding hydrogens is 342 g/mol. The van der Waals surface area contributed by atoms with E-state index in [0.717, 1.165) is 43.1 Å². The third-order valence-corrected chi connectivity index (χ3v) is 5.15. The molecule has 0 saturated carbocycles. The Kier molecular flexibility index (Phi) is 3.94. The van der Waals surface area contributed by atoms with Crippen LogP contribution in [0.5, 0.6) is 5.75 Å². The average Bonchev–Trinajstić information content (AvgIpc) is 3.16. The van der Waals surface area contributed by atoms with Gasteiger partial charge in [-0.25, -0.2) is 15.0 Å². The first-order chi connectivity index (χ1) is 13.3. The summed E-state index contributed by atoms with van der Waals surface area (Å²) in [4.78, 5) is 30.4. The van der Waals surface area contributed by atoms with Gasteiger partial charge >= 0.3 is 0 Å². The summed E-state index contributed by atoms with van der Waals surface area (Å²) in [6, 6.07) is 6.42. The fourth-order valence-corrected chi connectivity index (χ4v) is 3.78. The van der Waals surface area contributed by atoms with Crippen LogP contribution in [0.4, 0.5) is 0 Å². The van der Waals surface area contributed by atoms with Gasteiger partial charge in [-0.3, -0.25) is 9.69 Å². The molecule has 136 valence electrons. The van der Waals surface area contributed by atoms with Crippen LogP contribution in [-0.2, 0) is 25.9 Å². The van der Waals surface area contributed by atoms with E-state index in [9.17, 15) is 4.79 Å². The summed E-state index contributed by atoms with van der Waals surface area (Å²) in [5.41, 5.74) is 4.83. The van der Waals surface area contributed by atoms with Crippen LogP contribution in [-0.4, -0.2) is 38.0 Å². The molecule has 5 rings (SSSR count). The van der Waals surface area contributed by atoms with Crippen molar-refractivity contribution < 1.29 is 4.74 Å². The Morgan fingerprint density at radius 2 is 2.07 bits per heavy atom. The second-order valence-corrected chi connectivity index (χ2v) is 6.97. The lowest BCUT2D eigenvalue weighted by atomic mass is 10.0. The van der Waals surface area contributed by atoms with Gasteiger partial charge in [0.25, 0.3) is 5.56 Å². The van der Waals surface area contributed by atoms with Gasteiger partial charge in [0.15, 0.2) is 0 Å². The zero-order chi connectivity index (χ0) is 18.2. The normalized spacial score (nSPS) is 15.9. The van der Waals surface area contributed by atoms with Crippen molar-refractivity contribution in [1.82, 2.24) is 24.8 Å². The van der Waals surface area contributed by atoms with E-state index >= 15 is 0 Å². The summed E-state index contributed by atoms with van der Waals surface area (Å²) in [7, 11) is 0. The molecular formula is C20H19N5O2. The third kappa shape index (κ3) is 3.10. The first kappa shape index (κ1) is 16.1. The predicted octanol–water partition coefficient (Wildman–Crippen LogP) is 1.72. The number of nitrogens with one attached hydrogen (secondary N) is 1. The molecule has 0 amide bonds. The van der Waals surface area contributed by atoms with Gasteiger partial charge in [-0.05, 0) is 23.6 Å². The quantitative estimate of drug-likeness (QED) is 0.765. The zero-order valence-electron chi connectivity index (χ0n) is 14.8. The number of aromatic nitrogens is 4. The maximum absolute atomic E-state index is 12.5. The molecule has 1 N–H and O–H groups in total. The number of hydrogen-bond donors (Lipinski definition) is 1. The van der Waals surface area contributed by atoms with Crippen LogP contribution in [0.3, 0.4) is 0 Å². The highest BCUT2D eigenvalue weighted by Crippen LogP contribution is 2.27. The minimum Gasteiger partial charge on any atom is -0.493 e. The van der Waals surface area contributed by atoms with E-state index in [-0.39, 0.29) is 5.56 Å². The third-order valence-electron chi connectivity index (χ3n) is 5.15. The van der Waals surface area contributed by atoms with Crippen molar-refractivity contribution in [3.05, 3.63) is 69.7 Å². The van der Waals surface area contributed by atoms with Crippen LogP contribution in [0, 0.1) is 0 Å². The number of fused-ring (bicyclic) bond motifs is 2. The summed E-state index contributed by atoms with van der Waals surface area (Å²) < 4.78 is 5.59. The first-order valence-corrected chi connectivity index (χ1v) is 9.11. The maximum Gasteiger partial charge on any atom is 0.254 e. The molecule has 7 heteroatoms. The van der Waals surface area contributed by atoms with Crippen molar-refractivity contribution in [2.45, 2.75) is 25.9 Å². The number of benzene rings is 1. The van der Waals surface area contributed by atoms with Crippen LogP contribution >= 0.6 is 0 Å². The number of rotatable bonds is 3. The fraction of sp³-hybridized carbons (Fsp3) is 0.300. The van der Waals surface area contributed by atoms with Crippen LogP contribution in [0.2, 0.25) is 0 Å². The van der Waals surface area contributed by atoms with Crippen LogP contribution in [0.1, 0.15) is 22.4 Å². The Labute approximate surface area is 156 Å². The Morgan fingerprint density at radius 1 is 1.19 bits per heavy atom.